The fourth-order valence-corrected chi connectivity index (χ4v) is 1.99. The highest BCUT2D eigenvalue weighted by atomic mass is 127. The zero-order valence-corrected chi connectivity index (χ0v) is 14.7. The van der Waals surface area contributed by atoms with Crippen molar-refractivity contribution in [1.29, 1.82) is 0 Å². The Hall–Kier alpha value is -1.77. The van der Waals surface area contributed by atoms with E-state index in [9.17, 15) is 0 Å². The number of methoxy groups -OCH3 is 1. The molecular weight excluding hydrogens is 381 g/mol. The fraction of sp³-hybridized carbons (Fsp3) is 0.286. The van der Waals surface area contributed by atoms with Crippen LogP contribution in [0.1, 0.15) is 11.3 Å². The molecule has 0 bridgehead atoms. The van der Waals surface area contributed by atoms with E-state index < -0.39 is 0 Å². The van der Waals surface area contributed by atoms with Crippen molar-refractivity contribution in [2.24, 2.45) is 17.8 Å². The van der Waals surface area contributed by atoms with Crippen LogP contribution in [-0.4, -0.2) is 22.8 Å². The summed E-state index contributed by atoms with van der Waals surface area (Å²) in [7, 11) is 3.46. The number of benzene rings is 1. The minimum absolute atomic E-state index is 0. The zero-order chi connectivity index (χ0) is 14.5. The predicted octanol–water partition coefficient (Wildman–Crippen LogP) is 2.28. The first-order chi connectivity index (χ1) is 9.61. The van der Waals surface area contributed by atoms with Crippen molar-refractivity contribution in [3.05, 3.63) is 41.6 Å². The molecule has 1 aromatic heterocycles. The second-order valence-electron chi connectivity index (χ2n) is 4.39. The number of para-hydroxylation sites is 1. The maximum Gasteiger partial charge on any atom is 0.216 e. The Morgan fingerprint density at radius 1 is 1.38 bits per heavy atom. The maximum absolute atomic E-state index is 5.87. The van der Waals surface area contributed by atoms with E-state index in [1.807, 2.05) is 44.3 Å². The van der Waals surface area contributed by atoms with E-state index in [4.69, 9.17) is 10.5 Å². The van der Waals surface area contributed by atoms with E-state index in [-0.39, 0.29) is 24.0 Å². The summed E-state index contributed by atoms with van der Waals surface area (Å²) in [6.07, 6.45) is 0. The highest BCUT2D eigenvalue weighted by molar-refractivity contribution is 14.0. The number of hydrogen-bond acceptors (Lipinski definition) is 3. The molecule has 2 aromatic rings. The van der Waals surface area contributed by atoms with Gasteiger partial charge < -0.3 is 15.8 Å². The minimum atomic E-state index is 0. The van der Waals surface area contributed by atoms with Gasteiger partial charge in [-0.2, -0.15) is 5.10 Å². The molecule has 7 heteroatoms. The summed E-state index contributed by atoms with van der Waals surface area (Å²) in [5.74, 6) is 1.07. The lowest BCUT2D eigenvalue weighted by Crippen LogP contribution is -2.22. The molecule has 0 amide bonds. The lowest BCUT2D eigenvalue weighted by atomic mass is 10.2. The number of halogens is 1. The third-order valence-corrected chi connectivity index (χ3v) is 2.94. The van der Waals surface area contributed by atoms with Gasteiger partial charge in [-0.1, -0.05) is 18.2 Å². The first kappa shape index (κ1) is 17.3. The van der Waals surface area contributed by atoms with Crippen LogP contribution in [0.3, 0.4) is 0 Å². The standard InChI is InChI=1S/C14H19N5O.HI/c1-10-12(13(20-3)19(2)18-10)9-16-14(15)17-11-7-5-4-6-8-11;/h4-8H,9H2,1-3H3,(H3,15,16,17);1H. The lowest BCUT2D eigenvalue weighted by molar-refractivity contribution is 0.369. The fourth-order valence-electron chi connectivity index (χ4n) is 1.99. The molecule has 0 atom stereocenters. The molecule has 114 valence electrons. The van der Waals surface area contributed by atoms with Crippen molar-refractivity contribution in [2.75, 3.05) is 12.4 Å². The average molecular weight is 401 g/mol. The lowest BCUT2D eigenvalue weighted by Gasteiger charge is -2.06. The molecule has 0 aliphatic carbocycles. The SMILES string of the molecule is COc1c(CN=C(N)Nc2ccccc2)c(C)nn1C.I. The van der Waals surface area contributed by atoms with Gasteiger partial charge in [0.05, 0.1) is 24.9 Å². The van der Waals surface area contributed by atoms with Crippen molar-refractivity contribution in [3.63, 3.8) is 0 Å². The molecule has 0 spiro atoms. The number of nitrogens with zero attached hydrogens (tertiary/aromatic N) is 3. The summed E-state index contributed by atoms with van der Waals surface area (Å²) in [5, 5.41) is 7.34. The Morgan fingerprint density at radius 2 is 2.05 bits per heavy atom. The highest BCUT2D eigenvalue weighted by Crippen LogP contribution is 2.21. The molecule has 0 saturated carbocycles. The van der Waals surface area contributed by atoms with E-state index in [1.54, 1.807) is 11.8 Å². The van der Waals surface area contributed by atoms with Crippen molar-refractivity contribution >= 4 is 35.6 Å². The van der Waals surface area contributed by atoms with Crippen LogP contribution >= 0.6 is 24.0 Å². The van der Waals surface area contributed by atoms with Gasteiger partial charge in [-0.25, -0.2) is 9.67 Å². The number of nitrogens with one attached hydrogen (secondary N) is 1. The molecule has 0 fully saturated rings. The Bertz CT molecular complexity index is 609. The molecule has 0 aliphatic heterocycles. The predicted molar refractivity (Wildman–Crippen MR) is 95.3 cm³/mol. The van der Waals surface area contributed by atoms with E-state index in [0.29, 0.717) is 18.4 Å². The molecule has 6 nitrogen and oxygen atoms in total. The van der Waals surface area contributed by atoms with Crippen molar-refractivity contribution in [3.8, 4) is 5.88 Å². The second kappa shape index (κ2) is 7.87. The summed E-state index contributed by atoms with van der Waals surface area (Å²) >= 11 is 0. The Balaban J connectivity index is 0.00000220. The second-order valence-corrected chi connectivity index (χ2v) is 4.39. The topological polar surface area (TPSA) is 77.5 Å². The molecule has 1 aromatic carbocycles. The van der Waals surface area contributed by atoms with Gasteiger partial charge in [0.25, 0.3) is 0 Å². The van der Waals surface area contributed by atoms with E-state index in [0.717, 1.165) is 16.9 Å². The molecule has 1 heterocycles. The van der Waals surface area contributed by atoms with Crippen LogP contribution in [0.25, 0.3) is 0 Å². The average Bonchev–Trinajstić information content (AvgIpc) is 2.71. The molecule has 0 radical (unpaired) electrons. The maximum atomic E-state index is 5.87. The van der Waals surface area contributed by atoms with Crippen LogP contribution < -0.4 is 15.8 Å². The van der Waals surface area contributed by atoms with Crippen molar-refractivity contribution in [1.82, 2.24) is 9.78 Å². The van der Waals surface area contributed by atoms with Crippen LogP contribution in [-0.2, 0) is 13.6 Å². The van der Waals surface area contributed by atoms with Gasteiger partial charge in [-0.15, -0.1) is 24.0 Å². The van der Waals surface area contributed by atoms with Crippen LogP contribution in [0.5, 0.6) is 5.88 Å². The number of anilines is 1. The molecule has 0 aliphatic rings. The van der Waals surface area contributed by atoms with Crippen LogP contribution in [0, 0.1) is 6.92 Å². The minimum Gasteiger partial charge on any atom is -0.481 e. The number of aromatic nitrogens is 2. The van der Waals surface area contributed by atoms with Crippen molar-refractivity contribution in [2.45, 2.75) is 13.5 Å². The Labute approximate surface area is 141 Å². The number of hydrogen-bond donors (Lipinski definition) is 2. The quantitative estimate of drug-likeness (QED) is 0.468. The molecule has 0 unspecified atom stereocenters. The summed E-state index contributed by atoms with van der Waals surface area (Å²) in [4.78, 5) is 4.32. The van der Waals surface area contributed by atoms with Gasteiger partial charge in [0.15, 0.2) is 5.96 Å². The Kier molecular flexibility index (Phi) is 6.47. The number of guanidine groups is 1. The highest BCUT2D eigenvalue weighted by Gasteiger charge is 2.13. The number of aliphatic imine (C=N–C) groups is 1. The summed E-state index contributed by atoms with van der Waals surface area (Å²) < 4.78 is 7.01. The summed E-state index contributed by atoms with van der Waals surface area (Å²) in [6, 6.07) is 9.67. The third-order valence-electron chi connectivity index (χ3n) is 2.94. The largest absolute Gasteiger partial charge is 0.481 e. The first-order valence-corrected chi connectivity index (χ1v) is 6.30. The van der Waals surface area contributed by atoms with Crippen LogP contribution in [0.2, 0.25) is 0 Å². The van der Waals surface area contributed by atoms with E-state index in [2.05, 4.69) is 15.4 Å². The summed E-state index contributed by atoms with van der Waals surface area (Å²) in [6.45, 7) is 2.35. The molecule has 21 heavy (non-hydrogen) atoms. The first-order valence-electron chi connectivity index (χ1n) is 6.30. The van der Waals surface area contributed by atoms with Crippen molar-refractivity contribution < 1.29 is 4.74 Å². The third kappa shape index (κ3) is 4.35. The van der Waals surface area contributed by atoms with E-state index in [1.165, 1.54) is 0 Å². The van der Waals surface area contributed by atoms with Gasteiger partial charge in [-0.3, -0.25) is 0 Å². The molecular formula is C14H20IN5O. The van der Waals surface area contributed by atoms with Gasteiger partial charge in [-0.05, 0) is 19.1 Å². The smallest absolute Gasteiger partial charge is 0.216 e. The number of rotatable bonds is 4. The molecule has 2 rings (SSSR count). The van der Waals surface area contributed by atoms with Crippen LogP contribution in [0.4, 0.5) is 5.69 Å². The number of ether oxygens (including phenoxy) is 1. The molecule has 3 N–H and O–H groups in total. The van der Waals surface area contributed by atoms with Crippen LogP contribution in [0.15, 0.2) is 35.3 Å². The molecule has 0 saturated heterocycles. The van der Waals surface area contributed by atoms with Gasteiger partial charge >= 0.3 is 0 Å². The monoisotopic (exact) mass is 401 g/mol. The summed E-state index contributed by atoms with van der Waals surface area (Å²) in [5.41, 5.74) is 8.61. The van der Waals surface area contributed by atoms with Gasteiger partial charge in [0.1, 0.15) is 0 Å². The van der Waals surface area contributed by atoms with Gasteiger partial charge in [0.2, 0.25) is 5.88 Å². The van der Waals surface area contributed by atoms with E-state index >= 15 is 0 Å². The number of nitrogens with two attached hydrogens (primary N) is 1. The zero-order valence-electron chi connectivity index (χ0n) is 12.3. The number of aryl methyl sites for hydroxylation is 2. The normalized spacial score (nSPS) is 10.9. The van der Waals surface area contributed by atoms with Gasteiger partial charge in [0, 0.05) is 12.7 Å². The Morgan fingerprint density at radius 3 is 2.67 bits per heavy atom.